The number of benzene rings is 1. The van der Waals surface area contributed by atoms with Gasteiger partial charge in [0.15, 0.2) is 0 Å². The largest absolute Gasteiger partial charge is 0.349 e. The number of aryl methyl sites for hydroxylation is 1. The zero-order valence-electron chi connectivity index (χ0n) is 11.5. The second-order valence-electron chi connectivity index (χ2n) is 5.02. The molecule has 0 unspecified atom stereocenters. The topological polar surface area (TPSA) is 85.8 Å². The van der Waals surface area contributed by atoms with E-state index in [1.807, 2.05) is 12.1 Å². The van der Waals surface area contributed by atoms with Crippen LogP contribution in [-0.2, 0) is 11.2 Å². The molecule has 0 spiro atoms. The summed E-state index contributed by atoms with van der Waals surface area (Å²) in [4.78, 5) is 12.1. The average Bonchev–Trinajstić information content (AvgIpc) is 2.91. The summed E-state index contributed by atoms with van der Waals surface area (Å²) < 4.78 is 1.31. The molecule has 3 N–H and O–H groups in total. The van der Waals surface area contributed by atoms with Crippen molar-refractivity contribution < 1.29 is 4.79 Å². The molecule has 1 aromatic heterocycles. The Kier molecular flexibility index (Phi) is 4.10. The van der Waals surface area contributed by atoms with E-state index in [0.29, 0.717) is 5.16 Å². The van der Waals surface area contributed by atoms with E-state index in [4.69, 9.17) is 5.84 Å². The molecule has 0 radical (unpaired) electrons. The van der Waals surface area contributed by atoms with Crippen LogP contribution in [0.1, 0.15) is 30.0 Å². The van der Waals surface area contributed by atoms with Crippen molar-refractivity contribution in [2.45, 2.75) is 30.5 Å². The predicted octanol–water partition coefficient (Wildman–Crippen LogP) is 1.28. The number of nitrogens with two attached hydrogens (primary N) is 1. The normalized spacial score (nSPS) is 17.2. The van der Waals surface area contributed by atoms with E-state index in [1.165, 1.54) is 33.9 Å². The number of carbonyl (C=O) groups excluding carboxylic acids is 1. The number of nitrogens with zero attached hydrogens (tertiary/aromatic N) is 3. The van der Waals surface area contributed by atoms with Crippen molar-refractivity contribution in [1.29, 1.82) is 0 Å². The Bertz CT molecular complexity index is 642. The molecule has 0 saturated heterocycles. The third-order valence-electron chi connectivity index (χ3n) is 3.58. The SMILES string of the molecule is Nn1cnnc1SCC(=O)N[C@@H]1CCCc2ccccc21. The summed E-state index contributed by atoms with van der Waals surface area (Å²) in [5.41, 5.74) is 2.58. The zero-order valence-corrected chi connectivity index (χ0v) is 12.3. The highest BCUT2D eigenvalue weighted by atomic mass is 32.2. The molecule has 3 rings (SSSR count). The molecule has 7 heteroatoms. The molecule has 1 atom stereocenters. The molecule has 1 aliphatic carbocycles. The molecule has 1 aromatic carbocycles. The number of hydrogen-bond acceptors (Lipinski definition) is 5. The lowest BCUT2D eigenvalue weighted by Gasteiger charge is -2.26. The van der Waals surface area contributed by atoms with Crippen LogP contribution in [0.25, 0.3) is 0 Å². The Labute approximate surface area is 127 Å². The highest BCUT2D eigenvalue weighted by Crippen LogP contribution is 2.29. The van der Waals surface area contributed by atoms with Crippen LogP contribution in [0.4, 0.5) is 0 Å². The van der Waals surface area contributed by atoms with Gasteiger partial charge in [0, 0.05) is 0 Å². The number of nitrogens with one attached hydrogen (secondary N) is 1. The van der Waals surface area contributed by atoms with E-state index in [9.17, 15) is 4.79 Å². The zero-order chi connectivity index (χ0) is 14.7. The van der Waals surface area contributed by atoms with Crippen LogP contribution in [0.3, 0.4) is 0 Å². The van der Waals surface area contributed by atoms with Crippen LogP contribution in [0.15, 0.2) is 35.7 Å². The second-order valence-corrected chi connectivity index (χ2v) is 5.96. The van der Waals surface area contributed by atoms with Crippen LogP contribution in [0, 0.1) is 0 Å². The van der Waals surface area contributed by atoms with Crippen LogP contribution >= 0.6 is 11.8 Å². The molecule has 0 fully saturated rings. The first-order valence-electron chi connectivity index (χ1n) is 6.89. The number of aromatic nitrogens is 3. The first kappa shape index (κ1) is 13.9. The van der Waals surface area contributed by atoms with Crippen molar-refractivity contribution >= 4 is 17.7 Å². The van der Waals surface area contributed by atoms with Crippen molar-refractivity contribution in [3.8, 4) is 0 Å². The van der Waals surface area contributed by atoms with Gasteiger partial charge < -0.3 is 11.2 Å². The number of fused-ring (bicyclic) bond motifs is 1. The monoisotopic (exact) mass is 303 g/mol. The summed E-state index contributed by atoms with van der Waals surface area (Å²) >= 11 is 1.28. The maximum Gasteiger partial charge on any atom is 0.230 e. The third kappa shape index (κ3) is 3.18. The second kappa shape index (κ2) is 6.17. The van der Waals surface area contributed by atoms with Gasteiger partial charge in [-0.25, -0.2) is 4.68 Å². The fourth-order valence-electron chi connectivity index (χ4n) is 2.61. The van der Waals surface area contributed by atoms with Gasteiger partial charge in [-0.3, -0.25) is 4.79 Å². The van der Waals surface area contributed by atoms with Gasteiger partial charge in [0.1, 0.15) is 6.33 Å². The molecule has 110 valence electrons. The smallest absolute Gasteiger partial charge is 0.230 e. The molecule has 0 bridgehead atoms. The van der Waals surface area contributed by atoms with Gasteiger partial charge in [0.25, 0.3) is 0 Å². The number of amides is 1. The minimum Gasteiger partial charge on any atom is -0.349 e. The molecule has 21 heavy (non-hydrogen) atoms. The first-order valence-corrected chi connectivity index (χ1v) is 7.87. The summed E-state index contributed by atoms with van der Waals surface area (Å²) in [6.07, 6.45) is 4.60. The van der Waals surface area contributed by atoms with E-state index in [1.54, 1.807) is 0 Å². The Morgan fingerprint density at radius 1 is 1.48 bits per heavy atom. The molecule has 1 heterocycles. The Balaban J connectivity index is 1.60. The predicted molar refractivity (Wildman–Crippen MR) is 81.2 cm³/mol. The molecular formula is C14H17N5OS. The fourth-order valence-corrected chi connectivity index (χ4v) is 3.25. The maximum absolute atomic E-state index is 12.1. The van der Waals surface area contributed by atoms with Crippen LogP contribution in [-0.4, -0.2) is 26.5 Å². The van der Waals surface area contributed by atoms with Gasteiger partial charge in [-0.05, 0) is 30.4 Å². The number of rotatable bonds is 4. The molecule has 0 saturated carbocycles. The van der Waals surface area contributed by atoms with Gasteiger partial charge in [-0.2, -0.15) is 0 Å². The van der Waals surface area contributed by atoms with Crippen LogP contribution in [0.5, 0.6) is 0 Å². The standard InChI is InChI=1S/C14H17N5OS/c15-19-9-16-18-14(19)21-8-13(20)17-12-7-3-5-10-4-1-2-6-11(10)12/h1-2,4,6,9,12H,3,5,7-8,15H2,(H,17,20)/t12-/m1/s1. The van der Waals surface area contributed by atoms with E-state index in [0.717, 1.165) is 19.3 Å². The van der Waals surface area contributed by atoms with Crippen molar-refractivity contribution in [2.75, 3.05) is 11.6 Å². The summed E-state index contributed by atoms with van der Waals surface area (Å²) in [6.45, 7) is 0. The van der Waals surface area contributed by atoms with Crippen molar-refractivity contribution in [3.05, 3.63) is 41.7 Å². The fraction of sp³-hybridized carbons (Fsp3) is 0.357. The minimum atomic E-state index is -0.00953. The van der Waals surface area contributed by atoms with Gasteiger partial charge >= 0.3 is 0 Å². The quantitative estimate of drug-likeness (QED) is 0.656. The Morgan fingerprint density at radius 2 is 2.33 bits per heavy atom. The van der Waals surface area contributed by atoms with Gasteiger partial charge in [0.2, 0.25) is 11.1 Å². The molecule has 1 amide bonds. The Morgan fingerprint density at radius 3 is 3.14 bits per heavy atom. The summed E-state index contributed by atoms with van der Waals surface area (Å²) in [7, 11) is 0. The highest BCUT2D eigenvalue weighted by Gasteiger charge is 2.21. The van der Waals surface area contributed by atoms with E-state index < -0.39 is 0 Å². The molecular weight excluding hydrogens is 286 g/mol. The summed E-state index contributed by atoms with van der Waals surface area (Å²) in [5.74, 6) is 5.89. The molecule has 2 aromatic rings. The number of nitrogen functional groups attached to an aromatic ring is 1. The van der Waals surface area contributed by atoms with Crippen molar-refractivity contribution in [2.24, 2.45) is 0 Å². The van der Waals surface area contributed by atoms with E-state index in [-0.39, 0.29) is 17.7 Å². The number of hydrogen-bond donors (Lipinski definition) is 2. The maximum atomic E-state index is 12.1. The van der Waals surface area contributed by atoms with Crippen molar-refractivity contribution in [3.63, 3.8) is 0 Å². The van der Waals surface area contributed by atoms with Crippen molar-refractivity contribution in [1.82, 2.24) is 20.2 Å². The first-order chi connectivity index (χ1) is 10.2. The molecule has 6 nitrogen and oxygen atoms in total. The lowest BCUT2D eigenvalue weighted by molar-refractivity contribution is -0.119. The highest BCUT2D eigenvalue weighted by molar-refractivity contribution is 7.99. The summed E-state index contributed by atoms with van der Waals surface area (Å²) in [5, 5.41) is 11.2. The third-order valence-corrected chi connectivity index (χ3v) is 4.53. The van der Waals surface area contributed by atoms with Gasteiger partial charge in [-0.15, -0.1) is 10.2 Å². The summed E-state index contributed by atoms with van der Waals surface area (Å²) in [6, 6.07) is 8.42. The van der Waals surface area contributed by atoms with Gasteiger partial charge in [0.05, 0.1) is 11.8 Å². The van der Waals surface area contributed by atoms with Crippen LogP contribution < -0.4 is 11.2 Å². The molecule has 1 aliphatic rings. The number of carbonyl (C=O) groups is 1. The van der Waals surface area contributed by atoms with Gasteiger partial charge in [-0.1, -0.05) is 36.0 Å². The van der Waals surface area contributed by atoms with E-state index in [2.05, 4.69) is 27.6 Å². The number of thioether (sulfide) groups is 1. The molecule has 0 aliphatic heterocycles. The Hall–Kier alpha value is -2.02. The lowest BCUT2D eigenvalue weighted by atomic mass is 9.88. The lowest BCUT2D eigenvalue weighted by Crippen LogP contribution is -2.32. The minimum absolute atomic E-state index is 0.00953. The van der Waals surface area contributed by atoms with Crippen LogP contribution in [0.2, 0.25) is 0 Å². The van der Waals surface area contributed by atoms with E-state index >= 15 is 0 Å². The average molecular weight is 303 g/mol.